The third-order valence-electron chi connectivity index (χ3n) is 1.90. The van der Waals surface area contributed by atoms with Gasteiger partial charge in [0.1, 0.15) is 0 Å². The van der Waals surface area contributed by atoms with Crippen LogP contribution in [0.25, 0.3) is 0 Å². The van der Waals surface area contributed by atoms with E-state index in [1.54, 1.807) is 11.3 Å². The fourth-order valence-corrected chi connectivity index (χ4v) is 3.36. The number of hydrogen-bond acceptors (Lipinski definition) is 2. The van der Waals surface area contributed by atoms with E-state index in [1.165, 1.54) is 5.56 Å². The number of ether oxygens (including phenoxy) is 1. The molecular formula is C8H7BrClOS. The second-order valence-electron chi connectivity index (χ2n) is 2.64. The summed E-state index contributed by atoms with van der Waals surface area (Å²) in [6, 6.07) is 0. The fraction of sp³-hybridized carbons (Fsp3) is 0.375. The molecule has 0 aliphatic carbocycles. The van der Waals surface area contributed by atoms with E-state index in [0.29, 0.717) is 0 Å². The maximum Gasteiger partial charge on any atom is 0.0921 e. The summed E-state index contributed by atoms with van der Waals surface area (Å²) in [4.78, 5) is 1.16. The van der Waals surface area contributed by atoms with E-state index in [4.69, 9.17) is 16.3 Å². The molecule has 65 valence electrons. The summed E-state index contributed by atoms with van der Waals surface area (Å²) in [7, 11) is 0. The van der Waals surface area contributed by atoms with E-state index in [9.17, 15) is 0 Å². The van der Waals surface area contributed by atoms with Crippen molar-refractivity contribution in [2.75, 3.05) is 6.61 Å². The lowest BCUT2D eigenvalue weighted by Gasteiger charge is -2.18. The Morgan fingerprint density at radius 1 is 1.67 bits per heavy atom. The third-order valence-corrected chi connectivity index (χ3v) is 4.65. The highest BCUT2D eigenvalue weighted by molar-refractivity contribution is 9.11. The molecule has 1 radical (unpaired) electrons. The van der Waals surface area contributed by atoms with Crippen molar-refractivity contribution in [1.82, 2.24) is 0 Å². The lowest BCUT2D eigenvalue weighted by molar-refractivity contribution is 0.0762. The number of rotatable bonds is 0. The molecule has 4 heteroatoms. The Morgan fingerprint density at radius 2 is 2.42 bits per heavy atom. The van der Waals surface area contributed by atoms with Gasteiger partial charge in [0.15, 0.2) is 0 Å². The number of thiophene rings is 1. The van der Waals surface area contributed by atoms with Gasteiger partial charge in [-0.1, -0.05) is 11.6 Å². The molecule has 1 unspecified atom stereocenters. The molecule has 2 rings (SSSR count). The predicted molar refractivity (Wildman–Crippen MR) is 54.8 cm³/mol. The van der Waals surface area contributed by atoms with Crippen molar-refractivity contribution < 1.29 is 4.74 Å². The molecule has 0 saturated carbocycles. The number of halogens is 2. The van der Waals surface area contributed by atoms with Crippen LogP contribution in [0.15, 0.2) is 3.79 Å². The molecule has 0 saturated heterocycles. The highest BCUT2D eigenvalue weighted by Gasteiger charge is 2.23. The van der Waals surface area contributed by atoms with Crippen LogP contribution in [0.5, 0.6) is 0 Å². The van der Waals surface area contributed by atoms with Crippen LogP contribution in [0, 0.1) is 6.92 Å². The van der Waals surface area contributed by atoms with Crippen LogP contribution in [0.4, 0.5) is 0 Å². The first kappa shape index (κ1) is 9.00. The second-order valence-corrected chi connectivity index (χ2v) is 5.39. The summed E-state index contributed by atoms with van der Waals surface area (Å²) in [6.45, 7) is 4.63. The van der Waals surface area contributed by atoms with Crippen molar-refractivity contribution in [3.63, 3.8) is 0 Å². The average Bonchev–Trinajstić information content (AvgIpc) is 2.32. The van der Waals surface area contributed by atoms with E-state index in [-0.39, 0.29) is 6.10 Å². The van der Waals surface area contributed by atoms with Crippen LogP contribution in [-0.2, 0) is 11.2 Å². The standard InChI is InChI=1S/C8H7BrClOS/c1-4-7-5(2-3-11-4)6(10)8(9)12-7/h4H,1-3H2. The van der Waals surface area contributed by atoms with Crippen molar-refractivity contribution >= 4 is 38.9 Å². The van der Waals surface area contributed by atoms with E-state index < -0.39 is 0 Å². The summed E-state index contributed by atoms with van der Waals surface area (Å²) in [5, 5.41) is 0.840. The highest BCUT2D eigenvalue weighted by atomic mass is 79.9. The fourth-order valence-electron chi connectivity index (χ4n) is 1.30. The largest absolute Gasteiger partial charge is 0.372 e. The molecule has 1 aliphatic heterocycles. The Kier molecular flexibility index (Phi) is 2.47. The third kappa shape index (κ3) is 1.33. The molecule has 1 nitrogen and oxygen atoms in total. The summed E-state index contributed by atoms with van der Waals surface area (Å²) in [5.41, 5.74) is 1.21. The maximum absolute atomic E-state index is 6.07. The summed E-state index contributed by atoms with van der Waals surface area (Å²) < 4.78 is 6.39. The minimum atomic E-state index is -0.0393. The van der Waals surface area contributed by atoms with Crippen LogP contribution >= 0.6 is 38.9 Å². The van der Waals surface area contributed by atoms with Crippen LogP contribution in [0.3, 0.4) is 0 Å². The van der Waals surface area contributed by atoms with Crippen molar-refractivity contribution in [2.45, 2.75) is 12.5 Å². The molecule has 0 spiro atoms. The molecule has 0 fully saturated rings. The smallest absolute Gasteiger partial charge is 0.0921 e. The van der Waals surface area contributed by atoms with Gasteiger partial charge < -0.3 is 4.74 Å². The Hall–Kier alpha value is 0.430. The summed E-state index contributed by atoms with van der Waals surface area (Å²) in [5.74, 6) is 0. The highest BCUT2D eigenvalue weighted by Crippen LogP contribution is 2.43. The van der Waals surface area contributed by atoms with Gasteiger partial charge in [-0.25, -0.2) is 0 Å². The first-order valence-electron chi connectivity index (χ1n) is 3.61. The Bertz CT molecular complexity index is 310. The Labute approximate surface area is 88.8 Å². The van der Waals surface area contributed by atoms with Gasteiger partial charge in [0, 0.05) is 4.88 Å². The van der Waals surface area contributed by atoms with Crippen molar-refractivity contribution in [3.8, 4) is 0 Å². The van der Waals surface area contributed by atoms with Gasteiger partial charge in [-0.3, -0.25) is 0 Å². The Morgan fingerprint density at radius 3 is 3.08 bits per heavy atom. The molecule has 1 aliphatic rings. The molecule has 1 aromatic heterocycles. The minimum absolute atomic E-state index is 0.0393. The monoisotopic (exact) mass is 265 g/mol. The van der Waals surface area contributed by atoms with Gasteiger partial charge in [-0.15, -0.1) is 11.3 Å². The predicted octanol–water partition coefficient (Wildman–Crippen LogP) is 3.61. The number of hydrogen-bond donors (Lipinski definition) is 0. The molecule has 0 aromatic carbocycles. The van der Waals surface area contributed by atoms with Gasteiger partial charge in [-0.05, 0) is 34.8 Å². The van der Waals surface area contributed by atoms with Gasteiger partial charge in [-0.2, -0.15) is 0 Å². The molecule has 0 bridgehead atoms. The maximum atomic E-state index is 6.07. The van der Waals surface area contributed by atoms with Crippen molar-refractivity contribution in [3.05, 3.63) is 26.2 Å². The van der Waals surface area contributed by atoms with Gasteiger partial charge in [0.25, 0.3) is 0 Å². The zero-order valence-corrected chi connectivity index (χ0v) is 9.43. The van der Waals surface area contributed by atoms with Gasteiger partial charge in [0.05, 0.1) is 21.5 Å². The Balaban J connectivity index is 2.52. The van der Waals surface area contributed by atoms with Crippen molar-refractivity contribution in [2.24, 2.45) is 0 Å². The average molecular weight is 267 g/mol. The topological polar surface area (TPSA) is 9.23 Å². The lowest BCUT2D eigenvalue weighted by Crippen LogP contribution is -2.11. The zero-order chi connectivity index (χ0) is 8.72. The molecule has 1 aromatic rings. The summed E-state index contributed by atoms with van der Waals surface area (Å²) in [6.07, 6.45) is 0.866. The van der Waals surface area contributed by atoms with Gasteiger partial charge >= 0.3 is 0 Å². The molecule has 2 heterocycles. The molecule has 0 N–H and O–H groups in total. The van der Waals surface area contributed by atoms with Gasteiger partial charge in [0.2, 0.25) is 0 Å². The van der Waals surface area contributed by atoms with Crippen LogP contribution < -0.4 is 0 Å². The normalized spacial score (nSPS) is 22.4. The van der Waals surface area contributed by atoms with Crippen LogP contribution in [-0.4, -0.2) is 6.61 Å². The number of fused-ring (bicyclic) bond motifs is 1. The first-order chi connectivity index (χ1) is 5.70. The SMILES string of the molecule is [CH2]C1OCCc2c1sc(Br)c2Cl. The first-order valence-corrected chi connectivity index (χ1v) is 5.60. The second kappa shape index (κ2) is 3.29. The lowest BCUT2D eigenvalue weighted by atomic mass is 10.1. The molecule has 1 atom stereocenters. The van der Waals surface area contributed by atoms with Crippen LogP contribution in [0.1, 0.15) is 16.5 Å². The molecular weight excluding hydrogens is 260 g/mol. The molecule has 12 heavy (non-hydrogen) atoms. The zero-order valence-electron chi connectivity index (χ0n) is 6.27. The minimum Gasteiger partial charge on any atom is -0.372 e. The van der Waals surface area contributed by atoms with Crippen molar-refractivity contribution in [1.29, 1.82) is 0 Å². The van der Waals surface area contributed by atoms with Crippen LogP contribution in [0.2, 0.25) is 5.02 Å². The van der Waals surface area contributed by atoms with E-state index in [0.717, 1.165) is 26.7 Å². The van der Waals surface area contributed by atoms with E-state index in [1.807, 2.05) is 0 Å². The summed E-state index contributed by atoms with van der Waals surface area (Å²) >= 11 is 11.1. The van der Waals surface area contributed by atoms with E-state index in [2.05, 4.69) is 22.9 Å². The quantitative estimate of drug-likeness (QED) is 0.697. The molecule has 0 amide bonds. The van der Waals surface area contributed by atoms with E-state index >= 15 is 0 Å².